The Balaban J connectivity index is 2.13. The van der Waals surface area contributed by atoms with Crippen LogP contribution >= 0.6 is 11.6 Å². The number of carbonyl (C=O) groups excluding carboxylic acids is 2. The van der Waals surface area contributed by atoms with Crippen molar-refractivity contribution in [1.82, 2.24) is 14.8 Å². The van der Waals surface area contributed by atoms with Crippen molar-refractivity contribution in [2.45, 2.75) is 13.8 Å². The SMILES string of the molecule is COC(=O)c1c(C)nc(C)c(C(=O)OC)c1-c1cn(-c2ccccc2)nc1-c1ccc(Cl)cc1. The van der Waals surface area contributed by atoms with Gasteiger partial charge in [0, 0.05) is 27.9 Å². The number of nitrogens with zero attached hydrogens (tertiary/aromatic N) is 3. The topological polar surface area (TPSA) is 83.3 Å². The lowest BCUT2D eigenvalue weighted by molar-refractivity contribution is 0.0599. The van der Waals surface area contributed by atoms with Crippen LogP contribution < -0.4 is 0 Å². The molecule has 34 heavy (non-hydrogen) atoms. The Morgan fingerprint density at radius 2 is 1.41 bits per heavy atom. The number of rotatable bonds is 5. The Morgan fingerprint density at radius 3 is 1.94 bits per heavy atom. The van der Waals surface area contributed by atoms with E-state index < -0.39 is 11.9 Å². The van der Waals surface area contributed by atoms with Crippen LogP contribution in [-0.4, -0.2) is 40.9 Å². The molecule has 0 aliphatic heterocycles. The van der Waals surface area contributed by atoms with E-state index in [2.05, 4.69) is 4.98 Å². The molecule has 172 valence electrons. The van der Waals surface area contributed by atoms with Gasteiger partial charge in [-0.05, 0) is 38.1 Å². The summed E-state index contributed by atoms with van der Waals surface area (Å²) >= 11 is 6.11. The third-order valence-corrected chi connectivity index (χ3v) is 5.71. The van der Waals surface area contributed by atoms with Gasteiger partial charge in [-0.25, -0.2) is 14.3 Å². The molecule has 0 aliphatic rings. The summed E-state index contributed by atoms with van der Waals surface area (Å²) in [5, 5.41) is 5.40. The Morgan fingerprint density at radius 1 is 0.853 bits per heavy atom. The predicted octanol–water partition coefficient (Wildman–Crippen LogP) is 5.44. The normalized spacial score (nSPS) is 10.7. The molecule has 0 saturated heterocycles. The summed E-state index contributed by atoms with van der Waals surface area (Å²) in [6, 6.07) is 16.7. The minimum absolute atomic E-state index is 0.177. The van der Waals surface area contributed by atoms with Crippen LogP contribution in [0.15, 0.2) is 60.8 Å². The van der Waals surface area contributed by atoms with Crippen molar-refractivity contribution < 1.29 is 19.1 Å². The second-order valence-corrected chi connectivity index (χ2v) is 8.01. The zero-order valence-corrected chi connectivity index (χ0v) is 19.9. The first kappa shape index (κ1) is 23.2. The molecular weight excluding hydrogens is 454 g/mol. The summed E-state index contributed by atoms with van der Waals surface area (Å²) < 4.78 is 11.8. The third kappa shape index (κ3) is 4.18. The molecule has 0 aliphatic carbocycles. The molecule has 8 heteroatoms. The number of para-hydroxylation sites is 1. The highest BCUT2D eigenvalue weighted by Crippen LogP contribution is 2.39. The van der Waals surface area contributed by atoms with Crippen LogP contribution in [0, 0.1) is 13.8 Å². The van der Waals surface area contributed by atoms with Crippen LogP contribution in [0.3, 0.4) is 0 Å². The Bertz CT molecular complexity index is 1340. The number of hydrogen-bond acceptors (Lipinski definition) is 6. The van der Waals surface area contributed by atoms with Crippen molar-refractivity contribution in [1.29, 1.82) is 0 Å². The van der Waals surface area contributed by atoms with Crippen LogP contribution in [0.25, 0.3) is 28.1 Å². The van der Waals surface area contributed by atoms with Gasteiger partial charge in [0.05, 0.1) is 42.4 Å². The molecule has 4 rings (SSSR count). The average molecular weight is 476 g/mol. The second-order valence-electron chi connectivity index (χ2n) is 7.57. The first-order valence-electron chi connectivity index (χ1n) is 10.4. The van der Waals surface area contributed by atoms with Gasteiger partial charge >= 0.3 is 11.9 Å². The van der Waals surface area contributed by atoms with E-state index in [1.165, 1.54) is 14.2 Å². The Hall–Kier alpha value is -3.97. The number of hydrogen-bond donors (Lipinski definition) is 0. The standard InChI is InChI=1S/C26H22ClN3O4/c1-15-21(25(31)33-3)23(22(16(2)28-15)26(32)34-4)20-14-30(19-8-6-5-7-9-19)29-24(20)17-10-12-18(27)13-11-17/h5-14H,1-4H3. The fourth-order valence-electron chi connectivity index (χ4n) is 3.91. The maximum absolute atomic E-state index is 12.9. The molecule has 2 aromatic carbocycles. The number of benzene rings is 2. The molecule has 0 bridgehead atoms. The second kappa shape index (κ2) is 9.49. The van der Waals surface area contributed by atoms with Crippen molar-refractivity contribution in [3.8, 4) is 28.1 Å². The third-order valence-electron chi connectivity index (χ3n) is 5.46. The van der Waals surface area contributed by atoms with Crippen LogP contribution in [0.4, 0.5) is 0 Å². The zero-order valence-electron chi connectivity index (χ0n) is 19.1. The van der Waals surface area contributed by atoms with Crippen LogP contribution in [-0.2, 0) is 9.47 Å². The van der Waals surface area contributed by atoms with Gasteiger partial charge in [0.25, 0.3) is 0 Å². The highest BCUT2D eigenvalue weighted by Gasteiger charge is 2.30. The average Bonchev–Trinajstić information content (AvgIpc) is 3.29. The van der Waals surface area contributed by atoms with Crippen molar-refractivity contribution in [2.24, 2.45) is 0 Å². The zero-order chi connectivity index (χ0) is 24.4. The van der Waals surface area contributed by atoms with Crippen molar-refractivity contribution in [3.63, 3.8) is 0 Å². The van der Waals surface area contributed by atoms with Gasteiger partial charge in [0.2, 0.25) is 0 Å². The van der Waals surface area contributed by atoms with E-state index in [0.717, 1.165) is 11.3 Å². The van der Waals surface area contributed by atoms with E-state index >= 15 is 0 Å². The molecule has 0 radical (unpaired) electrons. The highest BCUT2D eigenvalue weighted by atomic mass is 35.5. The molecule has 0 N–H and O–H groups in total. The van der Waals surface area contributed by atoms with Gasteiger partial charge < -0.3 is 9.47 Å². The van der Waals surface area contributed by atoms with Gasteiger partial charge in [0.15, 0.2) is 0 Å². The van der Waals surface area contributed by atoms with Gasteiger partial charge in [-0.15, -0.1) is 0 Å². The smallest absolute Gasteiger partial charge is 0.340 e. The Labute approximate surface area is 201 Å². The molecule has 4 aromatic rings. The quantitative estimate of drug-likeness (QED) is 0.357. The first-order valence-corrected chi connectivity index (χ1v) is 10.8. The number of ether oxygens (including phenoxy) is 2. The lowest BCUT2D eigenvalue weighted by Gasteiger charge is -2.16. The monoisotopic (exact) mass is 475 g/mol. The summed E-state index contributed by atoms with van der Waals surface area (Å²) in [5.41, 5.74) is 4.26. The molecule has 0 atom stereocenters. The molecule has 0 spiro atoms. The summed E-state index contributed by atoms with van der Waals surface area (Å²) in [5.74, 6) is -1.22. The number of pyridine rings is 1. The van der Waals surface area contributed by atoms with E-state index in [9.17, 15) is 9.59 Å². The van der Waals surface area contributed by atoms with Gasteiger partial charge in [0.1, 0.15) is 5.69 Å². The lowest BCUT2D eigenvalue weighted by Crippen LogP contribution is -2.16. The van der Waals surface area contributed by atoms with E-state index in [1.807, 2.05) is 42.5 Å². The van der Waals surface area contributed by atoms with Crippen molar-refractivity contribution in [3.05, 3.63) is 88.3 Å². The molecular formula is C26H22ClN3O4. The summed E-state index contributed by atoms with van der Waals surface area (Å²) in [6.45, 7) is 3.40. The fourth-order valence-corrected chi connectivity index (χ4v) is 4.04. The summed E-state index contributed by atoms with van der Waals surface area (Å²) in [6.07, 6.45) is 1.78. The summed E-state index contributed by atoms with van der Waals surface area (Å²) in [4.78, 5) is 30.3. The number of methoxy groups -OCH3 is 2. The lowest BCUT2D eigenvalue weighted by atomic mass is 9.91. The molecule has 0 saturated carbocycles. The molecule has 7 nitrogen and oxygen atoms in total. The maximum Gasteiger partial charge on any atom is 0.340 e. The van der Waals surface area contributed by atoms with Crippen molar-refractivity contribution in [2.75, 3.05) is 14.2 Å². The van der Waals surface area contributed by atoms with Gasteiger partial charge in [-0.1, -0.05) is 41.9 Å². The van der Waals surface area contributed by atoms with E-state index in [0.29, 0.717) is 33.2 Å². The van der Waals surface area contributed by atoms with Gasteiger partial charge in [-0.3, -0.25) is 4.98 Å². The molecule has 2 aromatic heterocycles. The molecule has 0 amide bonds. The van der Waals surface area contributed by atoms with Crippen LogP contribution in [0.1, 0.15) is 32.1 Å². The van der Waals surface area contributed by atoms with Crippen molar-refractivity contribution >= 4 is 23.5 Å². The van der Waals surface area contributed by atoms with Crippen LogP contribution in [0.5, 0.6) is 0 Å². The van der Waals surface area contributed by atoms with E-state index in [1.54, 1.807) is 36.9 Å². The maximum atomic E-state index is 12.9. The molecule has 2 heterocycles. The van der Waals surface area contributed by atoms with Gasteiger partial charge in [-0.2, -0.15) is 5.10 Å². The number of halogens is 1. The fraction of sp³-hybridized carbons (Fsp3) is 0.154. The highest BCUT2D eigenvalue weighted by molar-refractivity contribution is 6.30. The minimum Gasteiger partial charge on any atom is -0.465 e. The summed E-state index contributed by atoms with van der Waals surface area (Å²) in [7, 11) is 2.58. The molecule has 0 fully saturated rings. The number of aromatic nitrogens is 3. The van der Waals surface area contributed by atoms with E-state index in [-0.39, 0.29) is 11.1 Å². The minimum atomic E-state index is -0.611. The number of aryl methyl sites for hydroxylation is 2. The Kier molecular flexibility index (Phi) is 6.47. The predicted molar refractivity (Wildman–Crippen MR) is 129 cm³/mol. The van der Waals surface area contributed by atoms with Crippen LogP contribution in [0.2, 0.25) is 5.02 Å². The number of esters is 2. The first-order chi connectivity index (χ1) is 16.3. The molecule has 0 unspecified atom stereocenters. The van der Waals surface area contributed by atoms with E-state index in [4.69, 9.17) is 26.2 Å². The largest absolute Gasteiger partial charge is 0.465 e. The number of carbonyl (C=O) groups is 2.